The number of esters is 1. The van der Waals surface area contributed by atoms with E-state index in [9.17, 15) is 14.0 Å². The highest BCUT2D eigenvalue weighted by molar-refractivity contribution is 5.72. The minimum absolute atomic E-state index is 0.137. The van der Waals surface area contributed by atoms with E-state index in [1.807, 2.05) is 0 Å². The number of hydrogen-bond donors (Lipinski definition) is 1. The van der Waals surface area contributed by atoms with Crippen LogP contribution < -0.4 is 5.32 Å². The summed E-state index contributed by atoms with van der Waals surface area (Å²) < 4.78 is 22.5. The van der Waals surface area contributed by atoms with Gasteiger partial charge in [-0.2, -0.15) is 0 Å². The minimum atomic E-state index is -1.16. The standard InChI is InChI=1S/C12H22FNO4/c1-7(2)10(15)17-11(8(3)4)18-12(16)14-6-9(5)13/h7-9,11H,6H2,1-5H3,(H,14,16)/t9-,11+/m0/s1. The predicted molar refractivity (Wildman–Crippen MR) is 64.6 cm³/mol. The third-order valence-electron chi connectivity index (χ3n) is 2.00. The third kappa shape index (κ3) is 7.09. The third-order valence-corrected chi connectivity index (χ3v) is 2.00. The van der Waals surface area contributed by atoms with Crippen LogP contribution in [0.15, 0.2) is 0 Å². The Labute approximate surface area is 107 Å². The average Bonchev–Trinajstić information content (AvgIpc) is 2.24. The molecule has 0 heterocycles. The van der Waals surface area contributed by atoms with Gasteiger partial charge in [-0.25, -0.2) is 9.18 Å². The van der Waals surface area contributed by atoms with E-state index in [0.717, 1.165) is 0 Å². The molecule has 0 aromatic heterocycles. The van der Waals surface area contributed by atoms with E-state index in [2.05, 4.69) is 5.32 Å². The number of alkyl halides is 1. The minimum Gasteiger partial charge on any atom is -0.425 e. The maximum absolute atomic E-state index is 12.5. The lowest BCUT2D eigenvalue weighted by Crippen LogP contribution is -2.37. The van der Waals surface area contributed by atoms with Crippen LogP contribution >= 0.6 is 0 Å². The smallest absolute Gasteiger partial charge is 0.410 e. The van der Waals surface area contributed by atoms with E-state index in [1.54, 1.807) is 27.7 Å². The van der Waals surface area contributed by atoms with Crippen LogP contribution in [0, 0.1) is 11.8 Å². The topological polar surface area (TPSA) is 64.6 Å². The van der Waals surface area contributed by atoms with Crippen LogP contribution in [0.5, 0.6) is 0 Å². The van der Waals surface area contributed by atoms with Gasteiger partial charge in [-0.3, -0.25) is 4.79 Å². The van der Waals surface area contributed by atoms with E-state index in [-0.39, 0.29) is 18.4 Å². The zero-order valence-electron chi connectivity index (χ0n) is 11.5. The Balaban J connectivity index is 4.27. The Morgan fingerprint density at radius 2 is 1.67 bits per heavy atom. The van der Waals surface area contributed by atoms with E-state index in [1.165, 1.54) is 6.92 Å². The number of carbonyl (C=O) groups excluding carboxylic acids is 2. The van der Waals surface area contributed by atoms with Gasteiger partial charge in [0.15, 0.2) is 0 Å². The molecule has 0 aliphatic carbocycles. The molecule has 0 saturated heterocycles. The average molecular weight is 263 g/mol. The van der Waals surface area contributed by atoms with Crippen LogP contribution in [-0.4, -0.2) is 31.1 Å². The lowest BCUT2D eigenvalue weighted by molar-refractivity contribution is -0.178. The molecule has 1 amide bonds. The molecule has 106 valence electrons. The van der Waals surface area contributed by atoms with Gasteiger partial charge in [0, 0.05) is 5.92 Å². The van der Waals surface area contributed by atoms with Gasteiger partial charge >= 0.3 is 12.1 Å². The zero-order chi connectivity index (χ0) is 14.3. The normalized spacial score (nSPS) is 14.2. The van der Waals surface area contributed by atoms with Crippen molar-refractivity contribution in [2.45, 2.75) is 47.1 Å². The van der Waals surface area contributed by atoms with Gasteiger partial charge < -0.3 is 14.8 Å². The summed E-state index contributed by atoms with van der Waals surface area (Å²) in [5.41, 5.74) is 0. The maximum atomic E-state index is 12.5. The molecule has 5 nitrogen and oxygen atoms in total. The molecule has 0 spiro atoms. The van der Waals surface area contributed by atoms with E-state index < -0.39 is 24.5 Å². The first-order valence-corrected chi connectivity index (χ1v) is 6.03. The SMILES string of the molecule is CC(C)C(=O)O[C@H](OC(=O)NC[C@H](C)F)C(C)C. The lowest BCUT2D eigenvalue weighted by Gasteiger charge is -2.22. The largest absolute Gasteiger partial charge is 0.425 e. The summed E-state index contributed by atoms with van der Waals surface area (Å²) in [6.07, 6.45) is -2.92. The van der Waals surface area contributed by atoms with E-state index >= 15 is 0 Å². The monoisotopic (exact) mass is 263 g/mol. The number of alkyl carbamates (subject to hydrolysis) is 1. The van der Waals surface area contributed by atoms with Crippen molar-refractivity contribution in [3.05, 3.63) is 0 Å². The van der Waals surface area contributed by atoms with Crippen LogP contribution in [0.1, 0.15) is 34.6 Å². The zero-order valence-corrected chi connectivity index (χ0v) is 11.5. The Hall–Kier alpha value is -1.33. The number of halogens is 1. The summed E-state index contributed by atoms with van der Waals surface area (Å²) in [6.45, 7) is 8.06. The molecule has 0 bridgehead atoms. The van der Waals surface area contributed by atoms with Crippen molar-refractivity contribution in [2.24, 2.45) is 11.8 Å². The first-order valence-electron chi connectivity index (χ1n) is 6.03. The molecule has 0 rings (SSSR count). The molecule has 6 heteroatoms. The summed E-state index contributed by atoms with van der Waals surface area (Å²) in [4.78, 5) is 22.7. The van der Waals surface area contributed by atoms with Crippen LogP contribution in [-0.2, 0) is 14.3 Å². The van der Waals surface area contributed by atoms with Gasteiger partial charge in [0.2, 0.25) is 0 Å². The molecule has 0 fully saturated rings. The molecule has 2 atom stereocenters. The van der Waals surface area contributed by atoms with Crippen molar-refractivity contribution in [2.75, 3.05) is 6.54 Å². The second-order valence-corrected chi connectivity index (χ2v) is 4.77. The predicted octanol–water partition coefficient (Wildman–Crippen LogP) is 2.25. The molecular formula is C12H22FNO4. The molecule has 0 aliphatic heterocycles. The summed E-state index contributed by atoms with van der Waals surface area (Å²) in [7, 11) is 0. The molecule has 0 aromatic rings. The highest BCUT2D eigenvalue weighted by Gasteiger charge is 2.24. The van der Waals surface area contributed by atoms with E-state index in [4.69, 9.17) is 9.47 Å². The van der Waals surface area contributed by atoms with Crippen LogP contribution in [0.4, 0.5) is 9.18 Å². The Kier molecular flexibility index (Phi) is 7.31. The fourth-order valence-electron chi connectivity index (χ4n) is 0.918. The quantitative estimate of drug-likeness (QED) is 0.589. The summed E-state index contributed by atoms with van der Waals surface area (Å²) in [5.74, 6) is -0.926. The Morgan fingerprint density at radius 1 is 1.11 bits per heavy atom. The first-order chi connectivity index (χ1) is 8.23. The molecule has 1 N–H and O–H groups in total. The maximum Gasteiger partial charge on any atom is 0.410 e. The van der Waals surface area contributed by atoms with Crippen LogP contribution in [0.2, 0.25) is 0 Å². The molecule has 0 aromatic carbocycles. The van der Waals surface area contributed by atoms with Crippen molar-refractivity contribution in [1.82, 2.24) is 5.32 Å². The number of amides is 1. The van der Waals surface area contributed by atoms with Crippen LogP contribution in [0.25, 0.3) is 0 Å². The molecule has 0 unspecified atom stereocenters. The number of rotatable bonds is 6. The number of nitrogens with one attached hydrogen (secondary N) is 1. The van der Waals surface area contributed by atoms with Gasteiger partial charge in [0.05, 0.1) is 12.5 Å². The fraction of sp³-hybridized carbons (Fsp3) is 0.833. The molecule has 18 heavy (non-hydrogen) atoms. The molecule has 0 radical (unpaired) electrons. The van der Waals surface area contributed by atoms with Crippen molar-refractivity contribution >= 4 is 12.1 Å². The van der Waals surface area contributed by atoms with Gasteiger partial charge in [-0.1, -0.05) is 27.7 Å². The highest BCUT2D eigenvalue weighted by atomic mass is 19.1. The number of ether oxygens (including phenoxy) is 2. The second-order valence-electron chi connectivity index (χ2n) is 4.77. The molecule has 0 saturated carbocycles. The summed E-state index contributed by atoms with van der Waals surface area (Å²) >= 11 is 0. The number of hydrogen-bond acceptors (Lipinski definition) is 4. The van der Waals surface area contributed by atoms with Gasteiger partial charge in [0.25, 0.3) is 6.29 Å². The fourth-order valence-corrected chi connectivity index (χ4v) is 0.918. The summed E-state index contributed by atoms with van der Waals surface area (Å²) in [5, 5.41) is 2.24. The lowest BCUT2D eigenvalue weighted by atomic mass is 10.2. The van der Waals surface area contributed by atoms with Crippen LogP contribution in [0.3, 0.4) is 0 Å². The van der Waals surface area contributed by atoms with Gasteiger partial charge in [0.1, 0.15) is 6.17 Å². The molecular weight excluding hydrogens is 241 g/mol. The summed E-state index contributed by atoms with van der Waals surface area (Å²) in [6, 6.07) is 0. The Bertz CT molecular complexity index is 279. The highest BCUT2D eigenvalue weighted by Crippen LogP contribution is 2.11. The number of carbonyl (C=O) groups is 2. The van der Waals surface area contributed by atoms with Crippen molar-refractivity contribution in [3.63, 3.8) is 0 Å². The van der Waals surface area contributed by atoms with Crippen molar-refractivity contribution in [1.29, 1.82) is 0 Å². The molecule has 0 aliphatic rings. The van der Waals surface area contributed by atoms with Crippen molar-refractivity contribution < 1.29 is 23.5 Å². The van der Waals surface area contributed by atoms with Gasteiger partial charge in [-0.05, 0) is 6.92 Å². The van der Waals surface area contributed by atoms with Gasteiger partial charge in [-0.15, -0.1) is 0 Å². The van der Waals surface area contributed by atoms with E-state index in [0.29, 0.717) is 0 Å². The van der Waals surface area contributed by atoms with Crippen molar-refractivity contribution in [3.8, 4) is 0 Å². The first kappa shape index (κ1) is 16.7. The Morgan fingerprint density at radius 3 is 2.06 bits per heavy atom. The second kappa shape index (κ2) is 7.89.